The second-order valence-electron chi connectivity index (χ2n) is 4.44. The van der Waals surface area contributed by atoms with Gasteiger partial charge in [-0.25, -0.2) is 0 Å². The van der Waals surface area contributed by atoms with E-state index in [1.807, 2.05) is 29.2 Å². The van der Waals surface area contributed by atoms with Crippen molar-refractivity contribution in [1.29, 1.82) is 0 Å². The summed E-state index contributed by atoms with van der Waals surface area (Å²) in [5.41, 5.74) is 2.02. The van der Waals surface area contributed by atoms with E-state index in [2.05, 4.69) is 6.92 Å². The van der Waals surface area contributed by atoms with Crippen LogP contribution in [0.5, 0.6) is 0 Å². The van der Waals surface area contributed by atoms with Gasteiger partial charge in [0.15, 0.2) is 0 Å². The van der Waals surface area contributed by atoms with Crippen molar-refractivity contribution in [3.63, 3.8) is 0 Å². The van der Waals surface area contributed by atoms with E-state index in [1.165, 1.54) is 0 Å². The number of ether oxygens (including phenoxy) is 1. The number of aryl methyl sites for hydroxylation is 1. The minimum absolute atomic E-state index is 0.551. The Hall–Kier alpha value is -1.39. The van der Waals surface area contributed by atoms with E-state index < -0.39 is 12.0 Å². The van der Waals surface area contributed by atoms with Crippen LogP contribution in [0.2, 0.25) is 0 Å². The molecule has 98 valence electrons. The first kappa shape index (κ1) is 13.1. The lowest BCUT2D eigenvalue weighted by Gasteiger charge is -2.33. The maximum absolute atomic E-state index is 11.6. The standard InChI is InChI=1S/C14H19NO3/c1-2-11-5-3-4-6-12(11)13(14(16)17)15-7-9-18-10-8-15/h3-6,13H,2,7-10H2,1H3,(H,16,17). The van der Waals surface area contributed by atoms with Gasteiger partial charge in [0, 0.05) is 13.1 Å². The van der Waals surface area contributed by atoms with Crippen LogP contribution in [0.3, 0.4) is 0 Å². The maximum Gasteiger partial charge on any atom is 0.325 e. The van der Waals surface area contributed by atoms with Crippen LogP contribution in [-0.4, -0.2) is 42.3 Å². The lowest BCUT2D eigenvalue weighted by Crippen LogP contribution is -2.42. The van der Waals surface area contributed by atoms with Crippen LogP contribution in [0.4, 0.5) is 0 Å². The molecular weight excluding hydrogens is 230 g/mol. The molecule has 0 amide bonds. The summed E-state index contributed by atoms with van der Waals surface area (Å²) in [5, 5.41) is 9.52. The molecule has 0 saturated carbocycles. The first-order valence-corrected chi connectivity index (χ1v) is 6.36. The smallest absolute Gasteiger partial charge is 0.325 e. The molecule has 0 radical (unpaired) electrons. The Morgan fingerprint density at radius 1 is 1.39 bits per heavy atom. The first-order valence-electron chi connectivity index (χ1n) is 6.36. The van der Waals surface area contributed by atoms with Gasteiger partial charge in [0.2, 0.25) is 0 Å². The summed E-state index contributed by atoms with van der Waals surface area (Å²) in [6.45, 7) is 4.62. The number of nitrogens with zero attached hydrogens (tertiary/aromatic N) is 1. The molecule has 1 aliphatic heterocycles. The van der Waals surface area contributed by atoms with Crippen LogP contribution in [0, 0.1) is 0 Å². The second-order valence-corrected chi connectivity index (χ2v) is 4.44. The summed E-state index contributed by atoms with van der Waals surface area (Å²) in [6, 6.07) is 7.24. The number of hydrogen-bond acceptors (Lipinski definition) is 3. The number of morpholine rings is 1. The van der Waals surface area contributed by atoms with E-state index >= 15 is 0 Å². The van der Waals surface area contributed by atoms with Crippen LogP contribution >= 0.6 is 0 Å². The van der Waals surface area contributed by atoms with Crippen molar-refractivity contribution in [2.24, 2.45) is 0 Å². The van der Waals surface area contributed by atoms with Crippen molar-refractivity contribution < 1.29 is 14.6 Å². The second kappa shape index (κ2) is 5.98. The van der Waals surface area contributed by atoms with Gasteiger partial charge in [0.1, 0.15) is 6.04 Å². The SMILES string of the molecule is CCc1ccccc1C(C(=O)O)N1CCOCC1. The fraction of sp³-hybridized carbons (Fsp3) is 0.500. The van der Waals surface area contributed by atoms with E-state index in [-0.39, 0.29) is 0 Å². The summed E-state index contributed by atoms with van der Waals surface area (Å²) in [7, 11) is 0. The predicted octanol–water partition coefficient (Wildman–Crippen LogP) is 1.71. The van der Waals surface area contributed by atoms with E-state index in [0.717, 1.165) is 17.5 Å². The maximum atomic E-state index is 11.6. The van der Waals surface area contributed by atoms with Crippen LogP contribution in [-0.2, 0) is 16.0 Å². The zero-order chi connectivity index (χ0) is 13.0. The van der Waals surface area contributed by atoms with Crippen LogP contribution in [0.1, 0.15) is 24.1 Å². The highest BCUT2D eigenvalue weighted by Gasteiger charge is 2.29. The molecule has 1 unspecified atom stereocenters. The number of carboxylic acid groups (broad SMARTS) is 1. The Morgan fingerprint density at radius 2 is 2.06 bits per heavy atom. The van der Waals surface area contributed by atoms with Gasteiger partial charge in [-0.3, -0.25) is 9.69 Å². The summed E-state index contributed by atoms with van der Waals surface area (Å²) in [4.78, 5) is 13.6. The molecule has 1 aromatic rings. The number of rotatable bonds is 4. The van der Waals surface area contributed by atoms with E-state index in [4.69, 9.17) is 4.74 Å². The molecule has 18 heavy (non-hydrogen) atoms. The minimum atomic E-state index is -0.780. The average Bonchev–Trinajstić information content (AvgIpc) is 2.40. The van der Waals surface area contributed by atoms with Gasteiger partial charge in [0.25, 0.3) is 0 Å². The Morgan fingerprint density at radius 3 is 2.67 bits per heavy atom. The van der Waals surface area contributed by atoms with Gasteiger partial charge in [0.05, 0.1) is 13.2 Å². The lowest BCUT2D eigenvalue weighted by molar-refractivity contribution is -0.145. The largest absolute Gasteiger partial charge is 0.480 e. The Kier molecular flexibility index (Phi) is 4.33. The normalized spacial score (nSPS) is 18.5. The van der Waals surface area contributed by atoms with Crippen molar-refractivity contribution in [3.8, 4) is 0 Å². The fourth-order valence-electron chi connectivity index (χ4n) is 2.44. The number of carbonyl (C=O) groups is 1. The molecule has 0 bridgehead atoms. The number of aliphatic carboxylic acids is 1. The van der Waals surface area contributed by atoms with Gasteiger partial charge >= 0.3 is 5.97 Å². The molecular formula is C14H19NO3. The summed E-state index contributed by atoms with van der Waals surface area (Å²) in [5.74, 6) is -0.780. The molecule has 4 heteroatoms. The molecule has 0 aliphatic carbocycles. The van der Waals surface area contributed by atoms with E-state index in [0.29, 0.717) is 26.3 Å². The zero-order valence-electron chi connectivity index (χ0n) is 10.6. The van der Waals surface area contributed by atoms with Crippen LogP contribution in [0.25, 0.3) is 0 Å². The van der Waals surface area contributed by atoms with Gasteiger partial charge in [-0.15, -0.1) is 0 Å². The predicted molar refractivity (Wildman–Crippen MR) is 68.6 cm³/mol. The van der Waals surface area contributed by atoms with Crippen LogP contribution in [0.15, 0.2) is 24.3 Å². The number of carboxylic acids is 1. The van der Waals surface area contributed by atoms with Gasteiger partial charge < -0.3 is 9.84 Å². The van der Waals surface area contributed by atoms with Gasteiger partial charge in [-0.1, -0.05) is 31.2 Å². The molecule has 1 aromatic carbocycles. The summed E-state index contributed by atoms with van der Waals surface area (Å²) < 4.78 is 5.29. The lowest BCUT2D eigenvalue weighted by atomic mass is 9.97. The highest BCUT2D eigenvalue weighted by Crippen LogP contribution is 2.25. The monoisotopic (exact) mass is 249 g/mol. The van der Waals surface area contributed by atoms with Crippen molar-refractivity contribution in [3.05, 3.63) is 35.4 Å². The van der Waals surface area contributed by atoms with E-state index in [9.17, 15) is 9.90 Å². The molecule has 1 N–H and O–H groups in total. The Labute approximate surface area is 107 Å². The summed E-state index contributed by atoms with van der Waals surface area (Å²) >= 11 is 0. The topological polar surface area (TPSA) is 49.8 Å². The summed E-state index contributed by atoms with van der Waals surface area (Å²) in [6.07, 6.45) is 0.851. The molecule has 1 aliphatic rings. The third-order valence-electron chi connectivity index (χ3n) is 3.38. The third-order valence-corrected chi connectivity index (χ3v) is 3.38. The number of hydrogen-bond donors (Lipinski definition) is 1. The molecule has 0 aromatic heterocycles. The quantitative estimate of drug-likeness (QED) is 0.882. The molecule has 0 spiro atoms. The van der Waals surface area contributed by atoms with Crippen molar-refractivity contribution >= 4 is 5.97 Å². The fourth-order valence-corrected chi connectivity index (χ4v) is 2.44. The van der Waals surface area contributed by atoms with E-state index in [1.54, 1.807) is 0 Å². The first-order chi connectivity index (χ1) is 8.74. The van der Waals surface area contributed by atoms with Crippen molar-refractivity contribution in [2.45, 2.75) is 19.4 Å². The third kappa shape index (κ3) is 2.71. The highest BCUT2D eigenvalue weighted by molar-refractivity contribution is 5.76. The molecule has 1 saturated heterocycles. The Bertz CT molecular complexity index is 413. The molecule has 2 rings (SSSR count). The molecule has 1 heterocycles. The van der Waals surface area contributed by atoms with Crippen molar-refractivity contribution in [1.82, 2.24) is 4.90 Å². The minimum Gasteiger partial charge on any atom is -0.480 e. The molecule has 1 fully saturated rings. The highest BCUT2D eigenvalue weighted by atomic mass is 16.5. The van der Waals surface area contributed by atoms with Crippen LogP contribution < -0.4 is 0 Å². The zero-order valence-corrected chi connectivity index (χ0v) is 10.6. The molecule has 1 atom stereocenters. The van der Waals surface area contributed by atoms with Crippen molar-refractivity contribution in [2.75, 3.05) is 26.3 Å². The average molecular weight is 249 g/mol. The Balaban J connectivity index is 2.31. The number of benzene rings is 1. The van der Waals surface area contributed by atoms with Gasteiger partial charge in [-0.05, 0) is 17.5 Å². The molecule has 4 nitrogen and oxygen atoms in total. The van der Waals surface area contributed by atoms with Gasteiger partial charge in [-0.2, -0.15) is 0 Å².